The topological polar surface area (TPSA) is 193 Å². The zero-order chi connectivity index (χ0) is 28.3. The molecule has 2 aromatic rings. The highest BCUT2D eigenvalue weighted by molar-refractivity contribution is 5.92. The van der Waals surface area contributed by atoms with Crippen molar-refractivity contribution in [3.05, 3.63) is 36.0 Å². The largest absolute Gasteiger partial charge is 0.458 e. The molecule has 0 aliphatic rings. The van der Waals surface area contributed by atoms with E-state index >= 15 is 0 Å². The number of ketones is 2. The lowest BCUT2D eigenvalue weighted by Crippen LogP contribution is -2.31. The maximum absolute atomic E-state index is 13.4. The molecule has 1 aromatic heterocycles. The van der Waals surface area contributed by atoms with E-state index in [1.807, 2.05) is 30.5 Å². The van der Waals surface area contributed by atoms with E-state index in [2.05, 4.69) is 9.98 Å². The number of amides is 1. The number of carbonyl (C=O) groups is 4. The average molecular weight is 530 g/mol. The second kappa shape index (κ2) is 14.3. The number of aliphatic imine (C=N–C) groups is 1. The highest BCUT2D eigenvalue weighted by Crippen LogP contribution is 2.25. The Morgan fingerprint density at radius 1 is 1.00 bits per heavy atom. The number of primary amides is 1. The number of aromatic amines is 1. The van der Waals surface area contributed by atoms with Crippen LogP contribution in [0.1, 0.15) is 52.0 Å². The summed E-state index contributed by atoms with van der Waals surface area (Å²) in [6, 6.07) is 7.65. The maximum Gasteiger partial charge on any atom is 0.332 e. The van der Waals surface area contributed by atoms with Crippen molar-refractivity contribution in [3.63, 3.8) is 0 Å². The third kappa shape index (κ3) is 10.7. The van der Waals surface area contributed by atoms with Gasteiger partial charge in [-0.3, -0.25) is 19.4 Å². The molecule has 2 unspecified atom stereocenters. The van der Waals surface area contributed by atoms with Gasteiger partial charge < -0.3 is 31.7 Å². The van der Waals surface area contributed by atoms with E-state index in [-0.39, 0.29) is 43.6 Å². The highest BCUT2D eigenvalue weighted by Gasteiger charge is 2.28. The van der Waals surface area contributed by atoms with Crippen LogP contribution in [-0.4, -0.2) is 59.7 Å². The van der Waals surface area contributed by atoms with E-state index in [1.54, 1.807) is 20.8 Å². The second-order valence-corrected chi connectivity index (χ2v) is 10.3. The molecule has 1 heterocycles. The number of esters is 1. The van der Waals surface area contributed by atoms with Crippen LogP contribution in [0.15, 0.2) is 35.5 Å². The molecule has 38 heavy (non-hydrogen) atoms. The van der Waals surface area contributed by atoms with Gasteiger partial charge >= 0.3 is 5.97 Å². The lowest BCUT2D eigenvalue weighted by Gasteiger charge is -2.20. The van der Waals surface area contributed by atoms with Crippen molar-refractivity contribution in [1.82, 2.24) is 4.98 Å². The van der Waals surface area contributed by atoms with Crippen molar-refractivity contribution in [1.29, 1.82) is 0 Å². The molecule has 0 radical (unpaired) electrons. The second-order valence-electron chi connectivity index (χ2n) is 10.3. The van der Waals surface area contributed by atoms with Gasteiger partial charge in [0.25, 0.3) is 0 Å². The van der Waals surface area contributed by atoms with Crippen LogP contribution in [-0.2, 0) is 35.1 Å². The minimum absolute atomic E-state index is 0.0529. The smallest absolute Gasteiger partial charge is 0.332 e. The van der Waals surface area contributed by atoms with E-state index in [9.17, 15) is 19.2 Å². The van der Waals surface area contributed by atoms with E-state index < -0.39 is 29.3 Å². The number of hydrogen-bond donors (Lipinski definition) is 4. The third-order valence-electron chi connectivity index (χ3n) is 5.83. The monoisotopic (exact) mass is 529 g/mol. The van der Waals surface area contributed by atoms with Gasteiger partial charge in [-0.2, -0.15) is 0 Å². The summed E-state index contributed by atoms with van der Waals surface area (Å²) in [6.45, 7) is 4.80. The molecule has 11 heteroatoms. The van der Waals surface area contributed by atoms with Crippen molar-refractivity contribution in [3.8, 4) is 0 Å². The maximum atomic E-state index is 13.4. The van der Waals surface area contributed by atoms with Crippen molar-refractivity contribution in [2.45, 2.75) is 58.5 Å². The molecule has 1 aromatic carbocycles. The number of nitrogens with two attached hydrogens (primary N) is 3. The number of hydrogen-bond acceptors (Lipinski definition) is 7. The number of rotatable bonds is 16. The zero-order valence-electron chi connectivity index (χ0n) is 22.3. The molecular formula is C27H39N5O6. The lowest BCUT2D eigenvalue weighted by atomic mass is 9.85. The Balaban J connectivity index is 2.09. The predicted octanol–water partition coefficient (Wildman–Crippen LogP) is 1.76. The number of para-hydroxylation sites is 1. The summed E-state index contributed by atoms with van der Waals surface area (Å²) in [5, 5.41) is 0.947. The molecule has 0 spiro atoms. The molecule has 1 amide bonds. The number of nitrogens with zero attached hydrogens (tertiary/aromatic N) is 1. The van der Waals surface area contributed by atoms with Crippen LogP contribution in [0.5, 0.6) is 0 Å². The molecule has 2 atom stereocenters. The van der Waals surface area contributed by atoms with Crippen LogP contribution in [0, 0.1) is 11.8 Å². The van der Waals surface area contributed by atoms with Gasteiger partial charge in [-0.05, 0) is 51.7 Å². The first-order chi connectivity index (χ1) is 17.9. The summed E-state index contributed by atoms with van der Waals surface area (Å²) in [5.74, 6) is -3.23. The van der Waals surface area contributed by atoms with Crippen LogP contribution in [0.4, 0.5) is 0 Å². The number of nitrogens with one attached hydrogen (secondary N) is 1. The van der Waals surface area contributed by atoms with E-state index in [0.717, 1.165) is 16.5 Å². The Morgan fingerprint density at radius 3 is 2.37 bits per heavy atom. The SMILES string of the molecule is CC(C)(C)OC(=O)COCC(=O)CC(Cc1c[nH]c2ccccc12)C(=O)CC(CCCN=C(N)N)C(N)=O. The van der Waals surface area contributed by atoms with Gasteiger partial charge in [0.1, 0.15) is 24.6 Å². The van der Waals surface area contributed by atoms with E-state index in [0.29, 0.717) is 25.8 Å². The van der Waals surface area contributed by atoms with Crippen LogP contribution in [0.3, 0.4) is 0 Å². The molecular weight excluding hydrogens is 490 g/mol. The van der Waals surface area contributed by atoms with Gasteiger partial charge in [0.2, 0.25) is 5.91 Å². The number of benzene rings is 1. The minimum atomic E-state index is -0.708. The molecule has 0 aliphatic carbocycles. The Labute approximate surface area is 222 Å². The predicted molar refractivity (Wildman–Crippen MR) is 144 cm³/mol. The Hall–Kier alpha value is -3.73. The van der Waals surface area contributed by atoms with E-state index in [1.165, 1.54) is 0 Å². The first-order valence-electron chi connectivity index (χ1n) is 12.6. The zero-order valence-corrected chi connectivity index (χ0v) is 22.3. The van der Waals surface area contributed by atoms with Gasteiger partial charge in [0.05, 0.1) is 0 Å². The summed E-state index contributed by atoms with van der Waals surface area (Å²) in [7, 11) is 0. The summed E-state index contributed by atoms with van der Waals surface area (Å²) < 4.78 is 10.4. The molecule has 7 N–H and O–H groups in total. The number of carbonyl (C=O) groups excluding carboxylic acids is 4. The van der Waals surface area contributed by atoms with Gasteiger partial charge in [-0.15, -0.1) is 0 Å². The van der Waals surface area contributed by atoms with Crippen molar-refractivity contribution >= 4 is 40.3 Å². The normalized spacial score (nSPS) is 13.0. The first kappa shape index (κ1) is 30.5. The summed E-state index contributed by atoms with van der Waals surface area (Å²) in [4.78, 5) is 57.1. The summed E-state index contributed by atoms with van der Waals surface area (Å²) in [6.07, 6.45) is 2.71. The number of H-pyrrole nitrogens is 1. The van der Waals surface area contributed by atoms with Crippen LogP contribution < -0.4 is 17.2 Å². The quantitative estimate of drug-likeness (QED) is 0.109. The summed E-state index contributed by atoms with van der Waals surface area (Å²) >= 11 is 0. The molecule has 208 valence electrons. The molecule has 0 bridgehead atoms. The van der Waals surface area contributed by atoms with Crippen molar-refractivity contribution < 1.29 is 28.7 Å². The first-order valence-corrected chi connectivity index (χ1v) is 12.6. The molecule has 2 rings (SSSR count). The molecule has 0 saturated carbocycles. The fraction of sp³-hybridized carbons (Fsp3) is 0.519. The number of guanidine groups is 1. The van der Waals surface area contributed by atoms with Crippen LogP contribution >= 0.6 is 0 Å². The van der Waals surface area contributed by atoms with Gasteiger partial charge in [-0.1, -0.05) is 18.2 Å². The fourth-order valence-corrected chi connectivity index (χ4v) is 4.12. The van der Waals surface area contributed by atoms with E-state index in [4.69, 9.17) is 26.7 Å². The fourth-order valence-electron chi connectivity index (χ4n) is 4.12. The average Bonchev–Trinajstić information content (AvgIpc) is 3.21. The Morgan fingerprint density at radius 2 is 1.71 bits per heavy atom. The summed E-state index contributed by atoms with van der Waals surface area (Å²) in [5.41, 5.74) is 17.4. The Bertz CT molecular complexity index is 1150. The molecule has 0 fully saturated rings. The molecule has 0 aliphatic heterocycles. The number of aromatic nitrogens is 1. The standard InChI is InChI=1S/C27H39N5O6/c1-27(2,3)38-24(35)16-37-15-20(33)12-18(11-19-14-32-22-9-5-4-8-21(19)22)23(34)13-17(25(28)36)7-6-10-31-26(29)30/h4-5,8-9,14,17-18,32H,6-7,10-13,15-16H2,1-3H3,(H2,28,36)(H4,29,30,31). The minimum Gasteiger partial charge on any atom is -0.458 e. The Kier molecular flexibility index (Phi) is 11.5. The number of Topliss-reactive ketones (excluding diaryl/α,β-unsaturated/α-hetero) is 2. The van der Waals surface area contributed by atoms with Gasteiger partial charge in [0.15, 0.2) is 11.7 Å². The van der Waals surface area contributed by atoms with Crippen LogP contribution in [0.25, 0.3) is 10.9 Å². The highest BCUT2D eigenvalue weighted by atomic mass is 16.6. The number of ether oxygens (including phenoxy) is 2. The lowest BCUT2D eigenvalue weighted by molar-refractivity contribution is -0.160. The van der Waals surface area contributed by atoms with Gasteiger partial charge in [0, 0.05) is 48.3 Å². The molecule has 11 nitrogen and oxygen atoms in total. The van der Waals surface area contributed by atoms with Crippen LogP contribution in [0.2, 0.25) is 0 Å². The third-order valence-corrected chi connectivity index (χ3v) is 5.83. The molecule has 0 saturated heterocycles. The van der Waals surface area contributed by atoms with Crippen molar-refractivity contribution in [2.24, 2.45) is 34.0 Å². The van der Waals surface area contributed by atoms with Crippen molar-refractivity contribution in [2.75, 3.05) is 19.8 Å². The van der Waals surface area contributed by atoms with Gasteiger partial charge in [-0.25, -0.2) is 4.79 Å². The number of fused-ring (bicyclic) bond motifs is 1.